The fourth-order valence-corrected chi connectivity index (χ4v) is 11.3. The Morgan fingerprint density at radius 3 is 1.50 bits per heavy atom. The normalized spacial score (nSPS) is 13.3. The molecule has 218 valence electrons. The van der Waals surface area contributed by atoms with Crippen molar-refractivity contribution in [2.24, 2.45) is 0 Å². The lowest BCUT2D eigenvalue weighted by atomic mass is 10.00. The van der Waals surface area contributed by atoms with Crippen LogP contribution in [-0.2, 0) is 12.8 Å². The van der Waals surface area contributed by atoms with Gasteiger partial charge in [-0.2, -0.15) is 8.75 Å². The largest absolute Gasteiger partial charge is 0.172 e. The fourth-order valence-electron chi connectivity index (χ4n) is 5.76. The molecule has 2 atom stereocenters. The Morgan fingerprint density at radius 1 is 0.571 bits per heavy atom. The monoisotopic (exact) mass is 646 g/mol. The summed E-state index contributed by atoms with van der Waals surface area (Å²) in [6, 6.07) is 18.5. The molecular weight excluding hydrogens is 609 g/mol. The van der Waals surface area contributed by atoms with Crippen LogP contribution in [0.4, 0.5) is 0 Å². The molecular formula is C35H38N2S5. The maximum atomic E-state index is 4.80. The average Bonchev–Trinajstić information content (AvgIpc) is 3.84. The van der Waals surface area contributed by atoms with Gasteiger partial charge >= 0.3 is 0 Å². The molecule has 6 aromatic rings. The first-order valence-electron chi connectivity index (χ1n) is 15.2. The van der Waals surface area contributed by atoms with Crippen molar-refractivity contribution in [2.45, 2.75) is 85.5 Å². The summed E-state index contributed by atoms with van der Waals surface area (Å²) < 4.78 is 9.61. The van der Waals surface area contributed by atoms with Crippen molar-refractivity contribution in [2.75, 3.05) is 0 Å². The lowest BCUT2D eigenvalue weighted by molar-refractivity contribution is 0.670. The van der Waals surface area contributed by atoms with Gasteiger partial charge in [-0.25, -0.2) is 0 Å². The predicted octanol–water partition coefficient (Wildman–Crippen LogP) is 13.1. The molecule has 5 aromatic heterocycles. The topological polar surface area (TPSA) is 25.8 Å². The number of benzene rings is 1. The van der Waals surface area contributed by atoms with Crippen LogP contribution in [0.3, 0.4) is 0 Å². The van der Waals surface area contributed by atoms with E-state index < -0.39 is 0 Å². The van der Waals surface area contributed by atoms with E-state index in [1.807, 2.05) is 45.3 Å². The zero-order valence-corrected chi connectivity index (χ0v) is 29.3. The minimum atomic E-state index is 0.615. The molecule has 0 fully saturated rings. The van der Waals surface area contributed by atoms with Gasteiger partial charge in [-0.3, -0.25) is 0 Å². The lowest BCUT2D eigenvalue weighted by Crippen LogP contribution is -1.93. The molecule has 0 aliphatic carbocycles. The highest BCUT2D eigenvalue weighted by atomic mass is 32.1. The van der Waals surface area contributed by atoms with Gasteiger partial charge in [0.1, 0.15) is 11.0 Å². The van der Waals surface area contributed by atoms with Crippen LogP contribution in [0.25, 0.3) is 51.4 Å². The molecule has 0 spiro atoms. The highest BCUT2D eigenvalue weighted by Gasteiger charge is 2.20. The third-order valence-electron chi connectivity index (χ3n) is 8.32. The Hall–Kier alpha value is -2.16. The lowest BCUT2D eigenvalue weighted by Gasteiger charge is -2.09. The van der Waals surface area contributed by atoms with Crippen molar-refractivity contribution < 1.29 is 0 Å². The van der Waals surface area contributed by atoms with Crippen LogP contribution in [0.1, 0.15) is 93.5 Å². The molecule has 0 saturated heterocycles. The minimum absolute atomic E-state index is 0.615. The molecule has 6 rings (SSSR count). The van der Waals surface area contributed by atoms with E-state index in [4.69, 9.17) is 8.75 Å². The molecule has 1 aromatic carbocycles. The smallest absolute Gasteiger partial charge is 0.114 e. The average molecular weight is 647 g/mol. The summed E-state index contributed by atoms with van der Waals surface area (Å²) in [7, 11) is 0. The molecule has 0 amide bonds. The van der Waals surface area contributed by atoms with Crippen LogP contribution in [0.5, 0.6) is 0 Å². The minimum Gasteiger partial charge on any atom is -0.172 e. The van der Waals surface area contributed by atoms with E-state index in [-0.39, 0.29) is 0 Å². The number of aromatic nitrogens is 2. The first-order chi connectivity index (χ1) is 20.4. The van der Waals surface area contributed by atoms with Crippen molar-refractivity contribution in [1.82, 2.24) is 8.75 Å². The zero-order valence-electron chi connectivity index (χ0n) is 25.2. The molecule has 0 aliphatic heterocycles. The quantitative estimate of drug-likeness (QED) is 0.140. The van der Waals surface area contributed by atoms with Crippen molar-refractivity contribution >= 4 is 68.1 Å². The zero-order chi connectivity index (χ0) is 29.4. The molecule has 42 heavy (non-hydrogen) atoms. The van der Waals surface area contributed by atoms with Crippen LogP contribution >= 0.6 is 57.1 Å². The van der Waals surface area contributed by atoms with Crippen LogP contribution in [0.15, 0.2) is 48.5 Å². The van der Waals surface area contributed by atoms with Crippen molar-refractivity contribution in [3.63, 3.8) is 0 Å². The van der Waals surface area contributed by atoms with Gasteiger partial charge in [0.05, 0.1) is 11.7 Å². The number of thiophene rings is 4. The SMILES string of the molecule is CCCC(C)c1sc(-c2ccc(-c3ccc(-c4ccc(-c5cc(CC)c(C(C)CC)s5)s4)c4nsnc34)s2)cc1CC. The Kier molecular flexibility index (Phi) is 9.13. The summed E-state index contributed by atoms with van der Waals surface area (Å²) in [6.45, 7) is 13.9. The highest BCUT2D eigenvalue weighted by molar-refractivity contribution is 7.24. The molecule has 5 heterocycles. The van der Waals surface area contributed by atoms with Crippen LogP contribution in [0.2, 0.25) is 0 Å². The number of hydrogen-bond acceptors (Lipinski definition) is 7. The maximum Gasteiger partial charge on any atom is 0.114 e. The van der Waals surface area contributed by atoms with Gasteiger partial charge in [-0.15, -0.1) is 45.3 Å². The van der Waals surface area contributed by atoms with Gasteiger partial charge in [0, 0.05) is 50.1 Å². The maximum absolute atomic E-state index is 4.80. The Balaban J connectivity index is 1.32. The van der Waals surface area contributed by atoms with Gasteiger partial charge in [0.25, 0.3) is 0 Å². The Bertz CT molecular complexity index is 1810. The predicted molar refractivity (Wildman–Crippen MR) is 191 cm³/mol. The number of rotatable bonds is 11. The third kappa shape index (κ3) is 5.59. The van der Waals surface area contributed by atoms with Gasteiger partial charge in [-0.1, -0.05) is 60.1 Å². The van der Waals surface area contributed by atoms with E-state index >= 15 is 0 Å². The Morgan fingerprint density at radius 2 is 1.05 bits per heavy atom. The standard InChI is InChI=1S/C35H38N2S5/c1-7-11-21(6)35-23(10-4)19-31(41-35)29-17-15-27(39-29)25-13-12-24(32-33(25)37-42-36-32)26-14-16-28(38-26)30-18-22(9-3)34(40-30)20(5)8-2/h12-21H,7-11H2,1-6H3. The van der Waals surface area contributed by atoms with Crippen LogP contribution < -0.4 is 0 Å². The van der Waals surface area contributed by atoms with Gasteiger partial charge < -0.3 is 0 Å². The first-order valence-corrected chi connectivity index (χ1v) is 19.2. The molecule has 7 heteroatoms. The number of nitrogens with zero attached hydrogens (tertiary/aromatic N) is 2. The van der Waals surface area contributed by atoms with E-state index in [2.05, 4.69) is 90.1 Å². The number of aryl methyl sites for hydroxylation is 2. The second-order valence-corrected chi connectivity index (χ2v) is 16.0. The second kappa shape index (κ2) is 12.8. The fraction of sp³-hybridized carbons (Fsp3) is 0.371. The van der Waals surface area contributed by atoms with E-state index in [9.17, 15) is 0 Å². The summed E-state index contributed by atoms with van der Waals surface area (Å²) in [5.41, 5.74) is 7.42. The van der Waals surface area contributed by atoms with Crippen molar-refractivity contribution in [1.29, 1.82) is 0 Å². The summed E-state index contributed by atoms with van der Waals surface area (Å²) in [4.78, 5) is 11.1. The number of hydrogen-bond donors (Lipinski definition) is 0. The van der Waals surface area contributed by atoms with Crippen molar-refractivity contribution in [3.05, 3.63) is 69.4 Å². The first kappa shape index (κ1) is 29.9. The van der Waals surface area contributed by atoms with E-state index in [0.29, 0.717) is 11.8 Å². The van der Waals surface area contributed by atoms with Crippen LogP contribution in [0, 0.1) is 0 Å². The molecule has 2 unspecified atom stereocenters. The molecule has 0 radical (unpaired) electrons. The van der Waals surface area contributed by atoms with E-state index in [0.717, 1.165) is 23.9 Å². The number of fused-ring (bicyclic) bond motifs is 1. The molecule has 0 aliphatic rings. The summed E-state index contributed by atoms with van der Waals surface area (Å²) in [5, 5.41) is 0. The molecule has 2 nitrogen and oxygen atoms in total. The Labute approximate surface area is 270 Å². The summed E-state index contributed by atoms with van der Waals surface area (Å²) >= 11 is 9.04. The second-order valence-electron chi connectivity index (χ2n) is 11.2. The van der Waals surface area contributed by atoms with E-state index in [1.54, 1.807) is 9.75 Å². The highest BCUT2D eigenvalue weighted by Crippen LogP contribution is 2.46. The van der Waals surface area contributed by atoms with Gasteiger partial charge in [-0.05, 0) is 85.0 Å². The molecule has 0 N–H and O–H groups in total. The van der Waals surface area contributed by atoms with Gasteiger partial charge in [0.15, 0.2) is 0 Å². The van der Waals surface area contributed by atoms with E-state index in [1.165, 1.54) is 82.5 Å². The summed E-state index contributed by atoms with van der Waals surface area (Å²) in [5.74, 6) is 1.24. The molecule has 0 bridgehead atoms. The molecule has 0 saturated carbocycles. The summed E-state index contributed by atoms with van der Waals surface area (Å²) in [6.07, 6.45) is 5.86. The third-order valence-corrected chi connectivity index (χ3v) is 14.3. The van der Waals surface area contributed by atoms with Gasteiger partial charge in [0.2, 0.25) is 0 Å². The van der Waals surface area contributed by atoms with Crippen molar-refractivity contribution in [3.8, 4) is 40.4 Å². The van der Waals surface area contributed by atoms with Crippen LogP contribution in [-0.4, -0.2) is 8.75 Å².